The van der Waals surface area contributed by atoms with Gasteiger partial charge in [0.05, 0.1) is 14.2 Å². The lowest BCUT2D eigenvalue weighted by Crippen LogP contribution is -2.45. The predicted octanol–water partition coefficient (Wildman–Crippen LogP) is 2.54. The fraction of sp³-hybridized carbons (Fsp3) is 0.423. The van der Waals surface area contributed by atoms with Crippen molar-refractivity contribution in [1.29, 1.82) is 0 Å². The first-order valence-electron chi connectivity index (χ1n) is 11.6. The minimum atomic E-state index is -1.17. The lowest BCUT2D eigenvalue weighted by atomic mass is 9.89. The molecule has 4 amide bonds. The number of hydrogen-bond acceptors (Lipinski definition) is 5. The van der Waals surface area contributed by atoms with Crippen molar-refractivity contribution >= 4 is 17.8 Å². The SMILES string of the molecule is COc1cc2c(cc1OC)CN(C(=O)CN1C(=O)N[C@@](C)(c3ccc4c(c3)CCC4)C1=O)CC2. The maximum absolute atomic E-state index is 13.4. The summed E-state index contributed by atoms with van der Waals surface area (Å²) in [6.45, 7) is 2.33. The van der Waals surface area contributed by atoms with Gasteiger partial charge in [0.1, 0.15) is 12.1 Å². The van der Waals surface area contributed by atoms with Gasteiger partial charge in [0, 0.05) is 13.1 Å². The summed E-state index contributed by atoms with van der Waals surface area (Å²) in [5.74, 6) is 0.607. The zero-order valence-electron chi connectivity index (χ0n) is 19.8. The largest absolute Gasteiger partial charge is 0.493 e. The Kier molecular flexibility index (Phi) is 5.46. The summed E-state index contributed by atoms with van der Waals surface area (Å²) < 4.78 is 10.8. The molecule has 0 bridgehead atoms. The second-order valence-electron chi connectivity index (χ2n) is 9.32. The Hall–Kier alpha value is -3.55. The van der Waals surface area contributed by atoms with Crippen LogP contribution < -0.4 is 14.8 Å². The summed E-state index contributed by atoms with van der Waals surface area (Å²) in [4.78, 5) is 42.0. The van der Waals surface area contributed by atoms with Crippen LogP contribution in [0.2, 0.25) is 0 Å². The second-order valence-corrected chi connectivity index (χ2v) is 9.32. The Morgan fingerprint density at radius 3 is 2.38 bits per heavy atom. The topological polar surface area (TPSA) is 88.2 Å². The molecule has 0 aromatic heterocycles. The second kappa shape index (κ2) is 8.34. The number of amides is 4. The Bertz CT molecular complexity index is 1190. The molecule has 178 valence electrons. The van der Waals surface area contributed by atoms with Crippen molar-refractivity contribution in [2.24, 2.45) is 0 Å². The molecule has 1 aliphatic carbocycles. The van der Waals surface area contributed by atoms with Crippen LogP contribution in [0.15, 0.2) is 30.3 Å². The van der Waals surface area contributed by atoms with Crippen LogP contribution in [0.3, 0.4) is 0 Å². The van der Waals surface area contributed by atoms with Crippen LogP contribution in [0.5, 0.6) is 11.5 Å². The first kappa shape index (κ1) is 22.3. The van der Waals surface area contributed by atoms with Crippen LogP contribution in [0.4, 0.5) is 4.79 Å². The van der Waals surface area contributed by atoms with Crippen molar-refractivity contribution in [3.05, 3.63) is 58.1 Å². The number of imide groups is 1. The zero-order valence-corrected chi connectivity index (χ0v) is 19.8. The molecule has 1 fully saturated rings. The molecule has 5 rings (SSSR count). The maximum atomic E-state index is 13.4. The highest BCUT2D eigenvalue weighted by Crippen LogP contribution is 2.34. The van der Waals surface area contributed by atoms with Gasteiger partial charge in [0.25, 0.3) is 5.91 Å². The highest BCUT2D eigenvalue weighted by molar-refractivity contribution is 6.09. The van der Waals surface area contributed by atoms with E-state index in [4.69, 9.17) is 9.47 Å². The van der Waals surface area contributed by atoms with Crippen LogP contribution in [0, 0.1) is 0 Å². The van der Waals surface area contributed by atoms with E-state index in [9.17, 15) is 14.4 Å². The molecule has 2 aliphatic heterocycles. The van der Waals surface area contributed by atoms with Crippen LogP contribution in [0.25, 0.3) is 0 Å². The van der Waals surface area contributed by atoms with Crippen molar-refractivity contribution < 1.29 is 23.9 Å². The van der Waals surface area contributed by atoms with Gasteiger partial charge in [-0.1, -0.05) is 18.2 Å². The minimum Gasteiger partial charge on any atom is -0.493 e. The fourth-order valence-corrected chi connectivity index (χ4v) is 5.25. The number of aryl methyl sites for hydroxylation is 2. The first-order valence-corrected chi connectivity index (χ1v) is 11.6. The van der Waals surface area contributed by atoms with E-state index in [2.05, 4.69) is 5.32 Å². The summed E-state index contributed by atoms with van der Waals surface area (Å²) in [5.41, 5.74) is 4.19. The maximum Gasteiger partial charge on any atom is 0.325 e. The molecule has 2 heterocycles. The molecule has 34 heavy (non-hydrogen) atoms. The predicted molar refractivity (Wildman–Crippen MR) is 125 cm³/mol. The number of rotatable bonds is 5. The highest BCUT2D eigenvalue weighted by Gasteiger charge is 2.50. The lowest BCUT2D eigenvalue weighted by molar-refractivity contribution is -0.139. The van der Waals surface area contributed by atoms with Gasteiger partial charge >= 0.3 is 6.03 Å². The average molecular weight is 464 g/mol. The number of nitrogens with zero attached hydrogens (tertiary/aromatic N) is 2. The summed E-state index contributed by atoms with van der Waals surface area (Å²) in [7, 11) is 3.17. The summed E-state index contributed by atoms with van der Waals surface area (Å²) >= 11 is 0. The summed E-state index contributed by atoms with van der Waals surface area (Å²) in [6, 6.07) is 9.27. The van der Waals surface area contributed by atoms with E-state index < -0.39 is 17.5 Å². The number of carbonyl (C=O) groups excluding carboxylic acids is 3. The molecule has 3 aliphatic rings. The molecule has 0 radical (unpaired) electrons. The molecule has 1 N–H and O–H groups in total. The molecule has 0 unspecified atom stereocenters. The molecule has 8 heteroatoms. The van der Waals surface area contributed by atoms with Crippen LogP contribution in [0.1, 0.15) is 41.2 Å². The number of hydrogen-bond donors (Lipinski definition) is 1. The van der Waals surface area contributed by atoms with Gasteiger partial charge in [0.2, 0.25) is 5.91 Å². The van der Waals surface area contributed by atoms with E-state index in [1.807, 2.05) is 30.3 Å². The number of ether oxygens (including phenoxy) is 2. The Morgan fingerprint density at radius 2 is 1.65 bits per heavy atom. The van der Waals surface area contributed by atoms with E-state index in [1.54, 1.807) is 26.0 Å². The molecule has 8 nitrogen and oxygen atoms in total. The highest BCUT2D eigenvalue weighted by atomic mass is 16.5. The van der Waals surface area contributed by atoms with Gasteiger partial charge in [-0.25, -0.2) is 4.79 Å². The lowest BCUT2D eigenvalue weighted by Gasteiger charge is -2.30. The molecule has 1 saturated heterocycles. The van der Waals surface area contributed by atoms with E-state index >= 15 is 0 Å². The van der Waals surface area contributed by atoms with E-state index in [0.29, 0.717) is 31.0 Å². The third-order valence-electron chi connectivity index (χ3n) is 7.31. The summed E-state index contributed by atoms with van der Waals surface area (Å²) in [5, 5.41) is 2.83. The van der Waals surface area contributed by atoms with Gasteiger partial charge < -0.3 is 19.7 Å². The van der Waals surface area contributed by atoms with E-state index in [1.165, 1.54) is 11.1 Å². The molecule has 2 aromatic carbocycles. The Morgan fingerprint density at radius 1 is 0.971 bits per heavy atom. The van der Waals surface area contributed by atoms with E-state index in [-0.39, 0.29) is 12.5 Å². The van der Waals surface area contributed by atoms with Crippen LogP contribution >= 0.6 is 0 Å². The minimum absolute atomic E-state index is 0.262. The standard InChI is InChI=1S/C26H29N3O5/c1-26(20-8-7-16-5-4-6-17(16)11-20)24(31)29(25(32)27-26)15-23(30)28-10-9-18-12-21(33-2)22(34-3)13-19(18)14-28/h7-8,11-13H,4-6,9-10,14-15H2,1-3H3,(H,27,32)/t26-/m0/s1. The van der Waals surface area contributed by atoms with Crippen molar-refractivity contribution in [1.82, 2.24) is 15.1 Å². The van der Waals surface area contributed by atoms with E-state index in [0.717, 1.165) is 40.9 Å². The van der Waals surface area contributed by atoms with Gasteiger partial charge in [0.15, 0.2) is 11.5 Å². The number of urea groups is 1. The molecule has 1 atom stereocenters. The number of carbonyl (C=O) groups is 3. The number of benzene rings is 2. The first-order chi connectivity index (χ1) is 16.3. The third kappa shape index (κ3) is 3.57. The average Bonchev–Trinajstić information content (AvgIpc) is 3.40. The van der Waals surface area contributed by atoms with Crippen LogP contribution in [-0.2, 0) is 40.9 Å². The van der Waals surface area contributed by atoms with Gasteiger partial charge in [-0.15, -0.1) is 0 Å². The number of nitrogens with one attached hydrogen (secondary N) is 1. The monoisotopic (exact) mass is 463 g/mol. The molecular weight excluding hydrogens is 434 g/mol. The van der Waals surface area contributed by atoms with Gasteiger partial charge in [-0.05, 0) is 72.6 Å². The van der Waals surface area contributed by atoms with Crippen molar-refractivity contribution in [3.8, 4) is 11.5 Å². The Balaban J connectivity index is 1.31. The third-order valence-corrected chi connectivity index (χ3v) is 7.31. The Labute approximate surface area is 198 Å². The zero-order chi connectivity index (χ0) is 24.0. The molecular formula is C26H29N3O5. The smallest absolute Gasteiger partial charge is 0.325 e. The molecule has 0 spiro atoms. The molecule has 2 aromatic rings. The van der Waals surface area contributed by atoms with Gasteiger partial charge in [-0.3, -0.25) is 14.5 Å². The quantitative estimate of drug-likeness (QED) is 0.689. The van der Waals surface area contributed by atoms with Gasteiger partial charge in [-0.2, -0.15) is 0 Å². The summed E-state index contributed by atoms with van der Waals surface area (Å²) in [6.07, 6.45) is 3.80. The van der Waals surface area contributed by atoms with Crippen molar-refractivity contribution in [2.75, 3.05) is 27.3 Å². The number of methoxy groups -OCH3 is 2. The number of fused-ring (bicyclic) bond motifs is 2. The normalized spacial score (nSPS) is 21.3. The fourth-order valence-electron chi connectivity index (χ4n) is 5.25. The van der Waals surface area contributed by atoms with Crippen LogP contribution in [-0.4, -0.2) is 55.0 Å². The van der Waals surface area contributed by atoms with Crippen molar-refractivity contribution in [3.63, 3.8) is 0 Å². The van der Waals surface area contributed by atoms with Crippen molar-refractivity contribution in [2.45, 2.75) is 44.7 Å². The molecule has 0 saturated carbocycles.